The fraction of sp³-hybridized carbons (Fsp3) is 0.440. The van der Waals surface area contributed by atoms with Gasteiger partial charge >= 0.3 is 0 Å². The summed E-state index contributed by atoms with van der Waals surface area (Å²) in [5.41, 5.74) is 3.87. The van der Waals surface area contributed by atoms with Crippen LogP contribution in [0.2, 0.25) is 0 Å². The van der Waals surface area contributed by atoms with Crippen LogP contribution in [0.5, 0.6) is 0 Å². The Balaban J connectivity index is 1.16. The zero-order valence-corrected chi connectivity index (χ0v) is 18.3. The van der Waals surface area contributed by atoms with Gasteiger partial charge in [-0.15, -0.1) is 5.10 Å². The molecule has 1 N–H and O–H groups in total. The van der Waals surface area contributed by atoms with E-state index >= 15 is 0 Å². The molecule has 0 aromatic carbocycles. The van der Waals surface area contributed by atoms with Gasteiger partial charge in [0.15, 0.2) is 5.65 Å². The quantitative estimate of drug-likeness (QED) is 0.515. The summed E-state index contributed by atoms with van der Waals surface area (Å²) in [5.74, 6) is 0.710. The lowest BCUT2D eigenvalue weighted by atomic mass is 9.89. The summed E-state index contributed by atoms with van der Waals surface area (Å²) in [5, 5.41) is 9.36. The Kier molecular flexibility index (Phi) is 5.19. The Morgan fingerprint density at radius 2 is 1.78 bits per heavy atom. The minimum absolute atomic E-state index is 0.459. The molecule has 2 aliphatic rings. The third-order valence-corrected chi connectivity index (χ3v) is 7.12. The molecular weight excluding hydrogens is 398 g/mol. The average Bonchev–Trinajstić information content (AvgIpc) is 3.28. The van der Waals surface area contributed by atoms with E-state index in [4.69, 9.17) is 5.10 Å². The summed E-state index contributed by atoms with van der Waals surface area (Å²) in [6, 6.07) is 9.41. The van der Waals surface area contributed by atoms with Crippen molar-refractivity contribution in [1.82, 2.24) is 29.5 Å². The van der Waals surface area contributed by atoms with Crippen LogP contribution in [0.15, 0.2) is 49.1 Å². The molecule has 1 saturated heterocycles. The summed E-state index contributed by atoms with van der Waals surface area (Å²) >= 11 is 0. The minimum Gasteiger partial charge on any atom is -0.350 e. The number of likely N-dealkylation sites (tertiary alicyclic amines) is 1. The number of aromatic nitrogens is 5. The number of nitrogens with one attached hydrogen (secondary N) is 1. The summed E-state index contributed by atoms with van der Waals surface area (Å²) in [4.78, 5) is 16.2. The number of anilines is 1. The molecule has 7 heteroatoms. The van der Waals surface area contributed by atoms with Crippen LogP contribution in [-0.4, -0.2) is 54.6 Å². The lowest BCUT2D eigenvalue weighted by Gasteiger charge is -2.39. The first-order valence-corrected chi connectivity index (χ1v) is 11.9. The summed E-state index contributed by atoms with van der Waals surface area (Å²) < 4.78 is 1.91. The fourth-order valence-electron chi connectivity index (χ4n) is 5.37. The molecule has 0 spiro atoms. The highest BCUT2D eigenvalue weighted by Gasteiger charge is 2.27. The fourth-order valence-corrected chi connectivity index (χ4v) is 5.37. The third-order valence-electron chi connectivity index (χ3n) is 7.12. The Hall–Kier alpha value is -3.06. The number of piperidine rings is 1. The van der Waals surface area contributed by atoms with Gasteiger partial charge in [0.1, 0.15) is 0 Å². The van der Waals surface area contributed by atoms with Crippen molar-refractivity contribution in [2.45, 2.75) is 57.0 Å². The van der Waals surface area contributed by atoms with Crippen LogP contribution >= 0.6 is 0 Å². The molecule has 4 aromatic rings. The molecule has 1 aliphatic heterocycles. The number of fused-ring (bicyclic) bond motifs is 2. The predicted molar refractivity (Wildman–Crippen MR) is 127 cm³/mol. The molecule has 6 rings (SSSR count). The predicted octanol–water partition coefficient (Wildman–Crippen LogP) is 4.55. The molecule has 2 fully saturated rings. The van der Waals surface area contributed by atoms with E-state index in [1.165, 1.54) is 58.0 Å². The molecule has 1 aliphatic carbocycles. The van der Waals surface area contributed by atoms with Crippen molar-refractivity contribution in [1.29, 1.82) is 0 Å². The first kappa shape index (κ1) is 19.6. The number of nitrogens with zero attached hydrogens (tertiary/aromatic N) is 6. The number of rotatable bonds is 4. The summed E-state index contributed by atoms with van der Waals surface area (Å²) in [6.45, 7) is 2.59. The second-order valence-corrected chi connectivity index (χ2v) is 9.16. The van der Waals surface area contributed by atoms with E-state index in [1.54, 1.807) is 6.20 Å². The van der Waals surface area contributed by atoms with Gasteiger partial charge in [-0.25, -0.2) is 19.5 Å². The number of pyridine rings is 2. The van der Waals surface area contributed by atoms with E-state index in [0.29, 0.717) is 12.0 Å². The first-order chi connectivity index (χ1) is 15.8. The number of hydrogen-bond donors (Lipinski definition) is 1. The van der Waals surface area contributed by atoms with E-state index in [1.807, 2.05) is 35.2 Å². The topological polar surface area (TPSA) is 71.2 Å². The Morgan fingerprint density at radius 3 is 2.66 bits per heavy atom. The summed E-state index contributed by atoms with van der Waals surface area (Å²) in [7, 11) is 0. The maximum Gasteiger partial charge on any atom is 0.241 e. The van der Waals surface area contributed by atoms with Crippen molar-refractivity contribution >= 4 is 22.5 Å². The van der Waals surface area contributed by atoms with Gasteiger partial charge in [-0.05, 0) is 75.9 Å². The van der Waals surface area contributed by atoms with E-state index in [0.717, 1.165) is 33.7 Å². The molecule has 0 bridgehead atoms. The maximum atomic E-state index is 4.74. The van der Waals surface area contributed by atoms with E-state index in [2.05, 4.69) is 37.3 Å². The SMILES string of the molecule is c1cnc2ncc(-c3ccn4nc(NC5CCC(N6CCCCC6)CC5)ncc34)cc2c1. The minimum atomic E-state index is 0.459. The second-order valence-electron chi connectivity index (χ2n) is 9.16. The monoisotopic (exact) mass is 427 g/mol. The largest absolute Gasteiger partial charge is 0.350 e. The van der Waals surface area contributed by atoms with Crippen LogP contribution in [0, 0.1) is 0 Å². The number of hydrogen-bond acceptors (Lipinski definition) is 6. The Labute approximate surface area is 187 Å². The van der Waals surface area contributed by atoms with Gasteiger partial charge in [0, 0.05) is 47.2 Å². The van der Waals surface area contributed by atoms with Crippen molar-refractivity contribution in [3.8, 4) is 11.1 Å². The molecule has 4 aromatic heterocycles. The Morgan fingerprint density at radius 1 is 0.906 bits per heavy atom. The zero-order chi connectivity index (χ0) is 21.3. The molecule has 0 unspecified atom stereocenters. The highest BCUT2D eigenvalue weighted by molar-refractivity contribution is 5.86. The normalized spacial score (nSPS) is 22.4. The van der Waals surface area contributed by atoms with Gasteiger partial charge in [0.25, 0.3) is 0 Å². The van der Waals surface area contributed by atoms with Crippen molar-refractivity contribution in [3.63, 3.8) is 0 Å². The average molecular weight is 428 g/mol. The Bertz CT molecular complexity index is 1220. The lowest BCUT2D eigenvalue weighted by Crippen LogP contribution is -2.43. The second kappa shape index (κ2) is 8.47. The van der Waals surface area contributed by atoms with Crippen LogP contribution in [0.4, 0.5) is 5.95 Å². The van der Waals surface area contributed by atoms with Gasteiger partial charge in [-0.2, -0.15) is 0 Å². The standard InChI is InChI=1S/C25H29N7/c1-2-12-31(13-3-1)21-8-6-20(7-9-21)29-25-28-17-23-22(10-14-32(23)30-25)19-15-18-5-4-11-26-24(18)27-16-19/h4-5,10-11,14-17,20-21H,1-3,6-9,12-13H2,(H,29,30). The van der Waals surface area contributed by atoms with E-state index < -0.39 is 0 Å². The van der Waals surface area contributed by atoms with Crippen LogP contribution in [-0.2, 0) is 0 Å². The molecular formula is C25H29N7. The molecule has 7 nitrogen and oxygen atoms in total. The van der Waals surface area contributed by atoms with Crippen LogP contribution in [0.25, 0.3) is 27.7 Å². The molecule has 0 amide bonds. The van der Waals surface area contributed by atoms with Gasteiger partial charge in [-0.3, -0.25) is 0 Å². The molecule has 0 radical (unpaired) electrons. The maximum absolute atomic E-state index is 4.74. The third kappa shape index (κ3) is 3.81. The molecule has 5 heterocycles. The lowest BCUT2D eigenvalue weighted by molar-refractivity contribution is 0.127. The van der Waals surface area contributed by atoms with Crippen LogP contribution in [0.3, 0.4) is 0 Å². The summed E-state index contributed by atoms with van der Waals surface area (Å²) in [6.07, 6.45) is 16.6. The van der Waals surface area contributed by atoms with Gasteiger partial charge in [-0.1, -0.05) is 6.42 Å². The van der Waals surface area contributed by atoms with Crippen molar-refractivity contribution < 1.29 is 0 Å². The van der Waals surface area contributed by atoms with Gasteiger partial charge in [0.2, 0.25) is 5.95 Å². The van der Waals surface area contributed by atoms with Gasteiger partial charge in [0.05, 0.1) is 11.7 Å². The van der Waals surface area contributed by atoms with Gasteiger partial charge < -0.3 is 10.2 Å². The highest BCUT2D eigenvalue weighted by Crippen LogP contribution is 2.29. The van der Waals surface area contributed by atoms with E-state index in [-0.39, 0.29) is 0 Å². The van der Waals surface area contributed by atoms with E-state index in [9.17, 15) is 0 Å². The molecule has 1 saturated carbocycles. The van der Waals surface area contributed by atoms with Crippen molar-refractivity contribution in [2.24, 2.45) is 0 Å². The highest BCUT2D eigenvalue weighted by atomic mass is 15.3. The molecule has 164 valence electrons. The molecule has 32 heavy (non-hydrogen) atoms. The first-order valence-electron chi connectivity index (χ1n) is 11.9. The molecule has 0 atom stereocenters. The van der Waals surface area contributed by atoms with Crippen molar-refractivity contribution in [2.75, 3.05) is 18.4 Å². The van der Waals surface area contributed by atoms with Crippen LogP contribution in [0.1, 0.15) is 44.9 Å². The van der Waals surface area contributed by atoms with Crippen molar-refractivity contribution in [3.05, 3.63) is 49.1 Å². The zero-order valence-electron chi connectivity index (χ0n) is 18.3. The smallest absolute Gasteiger partial charge is 0.241 e. The van der Waals surface area contributed by atoms with Crippen LogP contribution < -0.4 is 5.32 Å².